The molecule has 0 radical (unpaired) electrons. The SMILES string of the molecule is O=C(Cc1ccc(OC(F)(F)F)cc1)NCCCOc1cccc2cccnc12. The first-order chi connectivity index (χ1) is 13.9. The van der Waals surface area contributed by atoms with Crippen LogP contribution in [0, 0.1) is 0 Å². The van der Waals surface area contributed by atoms with Crippen molar-refractivity contribution in [2.75, 3.05) is 13.2 Å². The number of para-hydroxylation sites is 1. The van der Waals surface area contributed by atoms with Crippen LogP contribution in [0.5, 0.6) is 11.5 Å². The Hall–Kier alpha value is -3.29. The first-order valence-electron chi connectivity index (χ1n) is 8.99. The number of rotatable bonds is 8. The molecule has 1 N–H and O–H groups in total. The molecule has 0 unspecified atom stereocenters. The van der Waals surface area contributed by atoms with Gasteiger partial charge in [0.15, 0.2) is 0 Å². The number of benzene rings is 2. The zero-order valence-electron chi connectivity index (χ0n) is 15.4. The van der Waals surface area contributed by atoms with Crippen LogP contribution in [0.2, 0.25) is 0 Å². The molecule has 152 valence electrons. The minimum atomic E-state index is -4.73. The van der Waals surface area contributed by atoms with Crippen LogP contribution < -0.4 is 14.8 Å². The number of halogens is 3. The van der Waals surface area contributed by atoms with Gasteiger partial charge in [0.2, 0.25) is 5.91 Å². The largest absolute Gasteiger partial charge is 0.573 e. The van der Waals surface area contributed by atoms with E-state index in [2.05, 4.69) is 15.0 Å². The second-order valence-electron chi connectivity index (χ2n) is 6.25. The summed E-state index contributed by atoms with van der Waals surface area (Å²) < 4.78 is 46.0. The van der Waals surface area contributed by atoms with E-state index in [0.717, 1.165) is 10.9 Å². The highest BCUT2D eigenvalue weighted by Gasteiger charge is 2.30. The minimum Gasteiger partial charge on any atom is -0.491 e. The van der Waals surface area contributed by atoms with E-state index in [9.17, 15) is 18.0 Å². The van der Waals surface area contributed by atoms with Gasteiger partial charge in [0, 0.05) is 18.1 Å². The Morgan fingerprint density at radius 2 is 1.79 bits per heavy atom. The average Bonchev–Trinajstić information content (AvgIpc) is 2.68. The van der Waals surface area contributed by atoms with Gasteiger partial charge >= 0.3 is 6.36 Å². The van der Waals surface area contributed by atoms with Crippen molar-refractivity contribution in [3.05, 3.63) is 66.4 Å². The van der Waals surface area contributed by atoms with E-state index in [0.29, 0.717) is 30.9 Å². The standard InChI is InChI=1S/C21H19F3N2O3/c22-21(23,24)29-17-9-7-15(8-10-17)14-19(27)25-12-3-13-28-18-6-1-4-16-5-2-11-26-20(16)18/h1-2,4-11H,3,12-14H2,(H,25,27). The Balaban J connectivity index is 1.39. The molecule has 0 atom stereocenters. The molecular formula is C21H19F3N2O3. The molecule has 2 aromatic carbocycles. The fourth-order valence-electron chi connectivity index (χ4n) is 2.73. The lowest BCUT2D eigenvalue weighted by Gasteiger charge is -2.10. The Bertz CT molecular complexity index is 954. The first kappa shape index (κ1) is 20.4. The molecule has 0 aliphatic heterocycles. The van der Waals surface area contributed by atoms with Crippen LogP contribution in [0.4, 0.5) is 13.2 Å². The van der Waals surface area contributed by atoms with Crippen LogP contribution in [0.3, 0.4) is 0 Å². The van der Waals surface area contributed by atoms with Crippen molar-refractivity contribution in [1.29, 1.82) is 0 Å². The van der Waals surface area contributed by atoms with E-state index >= 15 is 0 Å². The summed E-state index contributed by atoms with van der Waals surface area (Å²) in [5.74, 6) is 0.152. The number of hydrogen-bond acceptors (Lipinski definition) is 4. The van der Waals surface area contributed by atoms with Gasteiger partial charge in [-0.25, -0.2) is 0 Å². The van der Waals surface area contributed by atoms with Crippen molar-refractivity contribution in [3.63, 3.8) is 0 Å². The van der Waals surface area contributed by atoms with E-state index in [1.807, 2.05) is 30.3 Å². The lowest BCUT2D eigenvalue weighted by molar-refractivity contribution is -0.274. The van der Waals surface area contributed by atoms with Crippen molar-refractivity contribution >= 4 is 16.8 Å². The molecule has 0 fully saturated rings. The summed E-state index contributed by atoms with van der Waals surface area (Å²) in [5, 5.41) is 3.75. The van der Waals surface area contributed by atoms with Crippen molar-refractivity contribution in [2.24, 2.45) is 0 Å². The summed E-state index contributed by atoms with van der Waals surface area (Å²) in [6, 6.07) is 14.7. The number of pyridine rings is 1. The number of aromatic nitrogens is 1. The summed E-state index contributed by atoms with van der Waals surface area (Å²) in [5.41, 5.74) is 1.38. The van der Waals surface area contributed by atoms with Gasteiger partial charge in [-0.2, -0.15) is 0 Å². The molecule has 1 amide bonds. The molecule has 1 aromatic heterocycles. The highest BCUT2D eigenvalue weighted by Crippen LogP contribution is 2.23. The number of alkyl halides is 3. The van der Waals surface area contributed by atoms with Crippen molar-refractivity contribution < 1.29 is 27.4 Å². The molecule has 1 heterocycles. The van der Waals surface area contributed by atoms with Gasteiger partial charge in [-0.15, -0.1) is 13.2 Å². The maximum absolute atomic E-state index is 12.1. The Labute approximate surface area is 165 Å². The molecule has 0 spiro atoms. The van der Waals surface area contributed by atoms with Gasteiger partial charge in [-0.3, -0.25) is 9.78 Å². The van der Waals surface area contributed by atoms with Gasteiger partial charge in [-0.1, -0.05) is 30.3 Å². The maximum atomic E-state index is 12.1. The number of fused-ring (bicyclic) bond motifs is 1. The lowest BCUT2D eigenvalue weighted by atomic mass is 10.1. The number of carbonyl (C=O) groups is 1. The maximum Gasteiger partial charge on any atom is 0.573 e. The lowest BCUT2D eigenvalue weighted by Crippen LogP contribution is -2.27. The molecule has 0 saturated carbocycles. The second kappa shape index (κ2) is 9.27. The molecule has 0 aliphatic rings. The predicted octanol–water partition coefficient (Wildman–Crippen LogP) is 4.26. The molecule has 0 aliphatic carbocycles. The number of carbonyl (C=O) groups excluding carboxylic acids is 1. The van der Waals surface area contributed by atoms with E-state index < -0.39 is 6.36 Å². The van der Waals surface area contributed by atoms with Crippen LogP contribution in [0.1, 0.15) is 12.0 Å². The number of ether oxygens (including phenoxy) is 2. The van der Waals surface area contributed by atoms with Gasteiger partial charge in [0.05, 0.1) is 13.0 Å². The quantitative estimate of drug-likeness (QED) is 0.570. The minimum absolute atomic E-state index is 0.0698. The van der Waals surface area contributed by atoms with Crippen molar-refractivity contribution in [2.45, 2.75) is 19.2 Å². The van der Waals surface area contributed by atoms with Crippen LogP contribution in [0.15, 0.2) is 60.8 Å². The molecule has 8 heteroatoms. The average molecular weight is 404 g/mol. The van der Waals surface area contributed by atoms with Gasteiger partial charge in [0.25, 0.3) is 0 Å². The number of nitrogens with one attached hydrogen (secondary N) is 1. The Morgan fingerprint density at radius 3 is 2.55 bits per heavy atom. The molecule has 29 heavy (non-hydrogen) atoms. The molecule has 0 saturated heterocycles. The second-order valence-corrected chi connectivity index (χ2v) is 6.25. The smallest absolute Gasteiger partial charge is 0.491 e. The van der Waals surface area contributed by atoms with Crippen LogP contribution in [-0.4, -0.2) is 30.4 Å². The molecule has 5 nitrogen and oxygen atoms in total. The van der Waals surface area contributed by atoms with Gasteiger partial charge < -0.3 is 14.8 Å². The van der Waals surface area contributed by atoms with E-state index in [-0.39, 0.29) is 18.1 Å². The molecule has 3 rings (SSSR count). The number of amides is 1. The zero-order valence-corrected chi connectivity index (χ0v) is 15.4. The number of hydrogen-bond donors (Lipinski definition) is 1. The fourth-order valence-corrected chi connectivity index (χ4v) is 2.73. The Kier molecular flexibility index (Phi) is 6.54. The zero-order chi connectivity index (χ0) is 20.7. The normalized spacial score (nSPS) is 11.3. The summed E-state index contributed by atoms with van der Waals surface area (Å²) in [6.45, 7) is 0.839. The fraction of sp³-hybridized carbons (Fsp3) is 0.238. The molecule has 3 aromatic rings. The van der Waals surface area contributed by atoms with Crippen LogP contribution in [-0.2, 0) is 11.2 Å². The summed E-state index contributed by atoms with van der Waals surface area (Å²) in [4.78, 5) is 16.3. The monoisotopic (exact) mass is 404 g/mol. The van der Waals surface area contributed by atoms with E-state index in [1.165, 1.54) is 24.3 Å². The van der Waals surface area contributed by atoms with E-state index in [1.54, 1.807) is 6.20 Å². The third-order valence-electron chi connectivity index (χ3n) is 4.02. The number of nitrogens with zero attached hydrogens (tertiary/aromatic N) is 1. The third kappa shape index (κ3) is 6.38. The first-order valence-corrected chi connectivity index (χ1v) is 8.99. The van der Waals surface area contributed by atoms with Gasteiger partial charge in [-0.05, 0) is 36.2 Å². The Morgan fingerprint density at radius 1 is 1.03 bits per heavy atom. The predicted molar refractivity (Wildman–Crippen MR) is 102 cm³/mol. The summed E-state index contributed by atoms with van der Waals surface area (Å²) in [7, 11) is 0. The van der Waals surface area contributed by atoms with Gasteiger partial charge in [0.1, 0.15) is 17.0 Å². The van der Waals surface area contributed by atoms with Crippen molar-refractivity contribution in [3.8, 4) is 11.5 Å². The van der Waals surface area contributed by atoms with E-state index in [4.69, 9.17) is 4.74 Å². The summed E-state index contributed by atoms with van der Waals surface area (Å²) >= 11 is 0. The van der Waals surface area contributed by atoms with Crippen molar-refractivity contribution in [1.82, 2.24) is 10.3 Å². The van der Waals surface area contributed by atoms with Crippen LogP contribution in [0.25, 0.3) is 10.9 Å². The topological polar surface area (TPSA) is 60.5 Å². The van der Waals surface area contributed by atoms with Crippen LogP contribution >= 0.6 is 0 Å². The summed E-state index contributed by atoms with van der Waals surface area (Å²) in [6.07, 6.45) is -2.35. The highest BCUT2D eigenvalue weighted by atomic mass is 19.4. The molecule has 0 bridgehead atoms. The third-order valence-corrected chi connectivity index (χ3v) is 4.02. The highest BCUT2D eigenvalue weighted by molar-refractivity contribution is 5.84. The molecular weight excluding hydrogens is 385 g/mol.